The first-order valence-corrected chi connectivity index (χ1v) is 8.78. The van der Waals surface area contributed by atoms with Crippen LogP contribution in [0, 0.1) is 5.82 Å². The summed E-state index contributed by atoms with van der Waals surface area (Å²) in [4.78, 5) is 18.7. The van der Waals surface area contributed by atoms with E-state index in [2.05, 4.69) is 11.9 Å². The van der Waals surface area contributed by atoms with Gasteiger partial charge >= 0.3 is 0 Å². The summed E-state index contributed by atoms with van der Waals surface area (Å²) in [5.74, 6) is -0.397. The maximum atomic E-state index is 14.1. The van der Waals surface area contributed by atoms with E-state index in [1.807, 2.05) is 21.1 Å². The first kappa shape index (κ1) is 18.9. The lowest BCUT2D eigenvalue weighted by Crippen LogP contribution is -2.43. The lowest BCUT2D eigenvalue weighted by atomic mass is 10.0. The van der Waals surface area contributed by atoms with Crippen molar-refractivity contribution in [1.82, 2.24) is 14.7 Å². The average Bonchev–Trinajstić information content (AvgIpc) is 3.08. The highest BCUT2D eigenvalue weighted by Gasteiger charge is 2.28. The molecule has 5 heteroatoms. The second-order valence-electron chi connectivity index (χ2n) is 7.07. The van der Waals surface area contributed by atoms with Crippen molar-refractivity contribution in [2.75, 3.05) is 41.3 Å². The van der Waals surface area contributed by atoms with Gasteiger partial charge in [-0.2, -0.15) is 0 Å². The number of rotatable bonds is 7. The van der Waals surface area contributed by atoms with Crippen LogP contribution >= 0.6 is 0 Å². The maximum absolute atomic E-state index is 14.1. The number of amides is 1. The molecule has 2 rings (SSSR count). The SMILES string of the molecule is CN(CCN(C)C1CCCC1)C(=O)C(c1ccccc1F)N(C)C. The van der Waals surface area contributed by atoms with Crippen LogP contribution in [0.4, 0.5) is 4.39 Å². The van der Waals surface area contributed by atoms with Crippen LogP contribution < -0.4 is 0 Å². The number of hydrogen-bond donors (Lipinski definition) is 0. The molecule has 0 aromatic heterocycles. The summed E-state index contributed by atoms with van der Waals surface area (Å²) in [5.41, 5.74) is 0.434. The van der Waals surface area contributed by atoms with Crippen molar-refractivity contribution >= 4 is 5.91 Å². The average molecular weight is 335 g/mol. The Morgan fingerprint density at radius 3 is 2.33 bits per heavy atom. The zero-order valence-corrected chi connectivity index (χ0v) is 15.3. The van der Waals surface area contributed by atoms with Crippen molar-refractivity contribution in [1.29, 1.82) is 0 Å². The van der Waals surface area contributed by atoms with Gasteiger partial charge < -0.3 is 9.80 Å². The molecule has 0 aliphatic heterocycles. The molecule has 4 nitrogen and oxygen atoms in total. The third-order valence-electron chi connectivity index (χ3n) is 5.06. The monoisotopic (exact) mass is 335 g/mol. The van der Waals surface area contributed by atoms with E-state index in [0.29, 0.717) is 18.2 Å². The van der Waals surface area contributed by atoms with E-state index < -0.39 is 6.04 Å². The van der Waals surface area contributed by atoms with Crippen LogP contribution in [-0.2, 0) is 4.79 Å². The Balaban J connectivity index is 2.00. The Hall–Kier alpha value is -1.46. The summed E-state index contributed by atoms with van der Waals surface area (Å²) in [7, 11) is 7.57. The molecule has 0 saturated heterocycles. The minimum atomic E-state index is -0.590. The molecule has 1 atom stereocenters. The summed E-state index contributed by atoms with van der Waals surface area (Å²) in [6.45, 7) is 1.51. The minimum absolute atomic E-state index is 0.0649. The van der Waals surface area contributed by atoms with Gasteiger partial charge in [-0.25, -0.2) is 4.39 Å². The van der Waals surface area contributed by atoms with Crippen LogP contribution in [-0.4, -0.2) is 67.9 Å². The van der Waals surface area contributed by atoms with Crippen LogP contribution in [0.25, 0.3) is 0 Å². The van der Waals surface area contributed by atoms with E-state index >= 15 is 0 Å². The predicted octanol–water partition coefficient (Wildman–Crippen LogP) is 2.76. The topological polar surface area (TPSA) is 26.8 Å². The van der Waals surface area contributed by atoms with E-state index in [1.54, 1.807) is 28.0 Å². The van der Waals surface area contributed by atoms with Gasteiger partial charge in [0, 0.05) is 31.7 Å². The molecule has 134 valence electrons. The van der Waals surface area contributed by atoms with Crippen molar-refractivity contribution in [3.8, 4) is 0 Å². The first-order valence-electron chi connectivity index (χ1n) is 8.78. The highest BCUT2D eigenvalue weighted by molar-refractivity contribution is 5.83. The molecule has 1 aliphatic rings. The first-order chi connectivity index (χ1) is 11.4. The Morgan fingerprint density at radius 2 is 1.75 bits per heavy atom. The number of halogens is 1. The molecule has 1 fully saturated rings. The summed E-state index contributed by atoms with van der Waals surface area (Å²) in [6.07, 6.45) is 5.12. The molecule has 1 aliphatic carbocycles. The lowest BCUT2D eigenvalue weighted by molar-refractivity contribution is -0.135. The second kappa shape index (κ2) is 8.58. The molecule has 1 amide bonds. The Labute approximate surface area is 145 Å². The second-order valence-corrected chi connectivity index (χ2v) is 7.07. The third-order valence-corrected chi connectivity index (χ3v) is 5.06. The van der Waals surface area contributed by atoms with Crippen molar-refractivity contribution in [3.63, 3.8) is 0 Å². The van der Waals surface area contributed by atoms with Gasteiger partial charge in [-0.3, -0.25) is 9.69 Å². The smallest absolute Gasteiger partial charge is 0.244 e. The van der Waals surface area contributed by atoms with Gasteiger partial charge in [-0.05, 0) is 40.1 Å². The molecule has 0 spiro atoms. The normalized spacial score (nSPS) is 16.8. The van der Waals surface area contributed by atoms with Crippen LogP contribution in [0.15, 0.2) is 24.3 Å². The number of carbonyl (C=O) groups is 1. The van der Waals surface area contributed by atoms with Crippen molar-refractivity contribution in [2.45, 2.75) is 37.8 Å². The molecule has 1 aromatic rings. The standard InChI is InChI=1S/C19H30FN3O/c1-21(2)18(16-11-7-8-12-17(16)20)19(24)23(4)14-13-22(3)15-9-5-6-10-15/h7-8,11-12,15,18H,5-6,9-10,13-14H2,1-4H3. The number of hydrogen-bond acceptors (Lipinski definition) is 3. The molecule has 0 radical (unpaired) electrons. The van der Waals surface area contributed by atoms with Gasteiger partial charge in [0.25, 0.3) is 0 Å². The van der Waals surface area contributed by atoms with Crippen molar-refractivity contribution in [2.24, 2.45) is 0 Å². The molecule has 0 heterocycles. The fraction of sp³-hybridized carbons (Fsp3) is 0.632. The van der Waals surface area contributed by atoms with Crippen molar-refractivity contribution < 1.29 is 9.18 Å². The van der Waals surface area contributed by atoms with E-state index in [1.165, 1.54) is 31.7 Å². The minimum Gasteiger partial charge on any atom is -0.343 e. The number of benzene rings is 1. The summed E-state index contributed by atoms with van der Waals surface area (Å²) < 4.78 is 14.1. The summed E-state index contributed by atoms with van der Waals surface area (Å²) in [5, 5.41) is 0. The Morgan fingerprint density at radius 1 is 1.12 bits per heavy atom. The van der Waals surface area contributed by atoms with E-state index in [0.717, 1.165) is 6.54 Å². The van der Waals surface area contributed by atoms with Crippen LogP contribution in [0.3, 0.4) is 0 Å². The largest absolute Gasteiger partial charge is 0.343 e. The van der Waals surface area contributed by atoms with Crippen molar-refractivity contribution in [3.05, 3.63) is 35.6 Å². The van der Waals surface area contributed by atoms with Crippen LogP contribution in [0.1, 0.15) is 37.3 Å². The van der Waals surface area contributed by atoms with E-state index in [4.69, 9.17) is 0 Å². The molecule has 24 heavy (non-hydrogen) atoms. The molecule has 0 bridgehead atoms. The number of nitrogens with zero attached hydrogens (tertiary/aromatic N) is 3. The van der Waals surface area contributed by atoms with E-state index in [-0.39, 0.29) is 11.7 Å². The van der Waals surface area contributed by atoms with Gasteiger partial charge in [0.15, 0.2) is 0 Å². The molecule has 1 unspecified atom stereocenters. The molecular formula is C19H30FN3O. The molecular weight excluding hydrogens is 305 g/mol. The van der Waals surface area contributed by atoms with Crippen LogP contribution in [0.5, 0.6) is 0 Å². The maximum Gasteiger partial charge on any atom is 0.244 e. The van der Waals surface area contributed by atoms with Gasteiger partial charge in [-0.1, -0.05) is 31.0 Å². The van der Waals surface area contributed by atoms with Gasteiger partial charge in [0.05, 0.1) is 0 Å². The predicted molar refractivity (Wildman–Crippen MR) is 95.4 cm³/mol. The van der Waals surface area contributed by atoms with E-state index in [9.17, 15) is 9.18 Å². The highest BCUT2D eigenvalue weighted by Crippen LogP contribution is 2.24. The van der Waals surface area contributed by atoms with Gasteiger partial charge in [-0.15, -0.1) is 0 Å². The highest BCUT2D eigenvalue weighted by atomic mass is 19.1. The number of likely N-dealkylation sites (N-methyl/N-ethyl adjacent to an activating group) is 3. The third kappa shape index (κ3) is 4.54. The Kier molecular flexibility index (Phi) is 6.75. The fourth-order valence-corrected chi connectivity index (χ4v) is 3.48. The van der Waals surface area contributed by atoms with Gasteiger partial charge in [0.1, 0.15) is 11.9 Å². The van der Waals surface area contributed by atoms with Gasteiger partial charge in [0.2, 0.25) is 5.91 Å². The molecule has 1 saturated carbocycles. The zero-order chi connectivity index (χ0) is 17.7. The lowest BCUT2D eigenvalue weighted by Gasteiger charge is -2.31. The fourth-order valence-electron chi connectivity index (χ4n) is 3.48. The quantitative estimate of drug-likeness (QED) is 0.767. The summed E-state index contributed by atoms with van der Waals surface area (Å²) >= 11 is 0. The molecule has 0 N–H and O–H groups in total. The van der Waals surface area contributed by atoms with Crippen LogP contribution in [0.2, 0.25) is 0 Å². The molecule has 1 aromatic carbocycles. The zero-order valence-electron chi connectivity index (χ0n) is 15.3. The number of carbonyl (C=O) groups excluding carboxylic acids is 1. The Bertz CT molecular complexity index is 543. The summed E-state index contributed by atoms with van der Waals surface area (Å²) in [6, 6.07) is 6.58.